The minimum atomic E-state index is -0.766. The fourth-order valence-corrected chi connectivity index (χ4v) is 1.69. The van der Waals surface area contributed by atoms with Gasteiger partial charge in [0, 0.05) is 6.04 Å². The van der Waals surface area contributed by atoms with Gasteiger partial charge in [0.25, 0.3) is 0 Å². The average Bonchev–Trinajstić information content (AvgIpc) is 2.19. The summed E-state index contributed by atoms with van der Waals surface area (Å²) in [6.07, 6.45) is 5.45. The molecule has 0 aromatic carbocycles. The van der Waals surface area contributed by atoms with E-state index in [1.165, 1.54) is 6.42 Å². The third-order valence-electron chi connectivity index (χ3n) is 2.40. The molecule has 4 nitrogen and oxygen atoms in total. The third kappa shape index (κ3) is 3.36. The van der Waals surface area contributed by atoms with E-state index in [4.69, 9.17) is 0 Å². The monoisotopic (exact) mass is 199 g/mol. The third-order valence-corrected chi connectivity index (χ3v) is 2.40. The molecule has 0 unspecified atom stereocenters. The van der Waals surface area contributed by atoms with Crippen LogP contribution in [0.4, 0.5) is 0 Å². The molecule has 0 aliphatic heterocycles. The first-order valence-electron chi connectivity index (χ1n) is 5.21. The topological polar surface area (TPSA) is 55.4 Å². The van der Waals surface area contributed by atoms with Crippen molar-refractivity contribution in [3.63, 3.8) is 0 Å². The van der Waals surface area contributed by atoms with E-state index in [1.54, 1.807) is 6.92 Å². The van der Waals surface area contributed by atoms with Crippen molar-refractivity contribution in [3.05, 3.63) is 0 Å². The number of nitrogens with one attached hydrogen (secondary N) is 1. The summed E-state index contributed by atoms with van der Waals surface area (Å²) >= 11 is 0. The van der Waals surface area contributed by atoms with Crippen molar-refractivity contribution in [1.29, 1.82) is 0 Å². The fourth-order valence-electron chi connectivity index (χ4n) is 1.69. The number of rotatable bonds is 2. The van der Waals surface area contributed by atoms with Gasteiger partial charge in [0.1, 0.15) is 0 Å². The Morgan fingerprint density at radius 2 is 1.93 bits per heavy atom. The predicted molar refractivity (Wildman–Crippen MR) is 51.6 cm³/mol. The highest BCUT2D eigenvalue weighted by Crippen LogP contribution is 2.17. The van der Waals surface area contributed by atoms with Gasteiger partial charge in [-0.25, -0.2) is 4.79 Å². The largest absolute Gasteiger partial charge is 0.459 e. The molecule has 0 bridgehead atoms. The van der Waals surface area contributed by atoms with Crippen molar-refractivity contribution < 1.29 is 14.3 Å². The Labute approximate surface area is 84.0 Å². The van der Waals surface area contributed by atoms with Gasteiger partial charge in [-0.2, -0.15) is 0 Å². The summed E-state index contributed by atoms with van der Waals surface area (Å²) < 4.78 is 4.59. The van der Waals surface area contributed by atoms with Gasteiger partial charge in [0.05, 0.1) is 6.61 Å². The second-order valence-electron chi connectivity index (χ2n) is 3.53. The molecule has 0 aromatic rings. The van der Waals surface area contributed by atoms with Gasteiger partial charge >= 0.3 is 11.9 Å². The average molecular weight is 199 g/mol. The van der Waals surface area contributed by atoms with E-state index in [1.807, 2.05) is 0 Å². The molecule has 80 valence electrons. The van der Waals surface area contributed by atoms with Gasteiger partial charge in [0.15, 0.2) is 0 Å². The number of carbonyl (C=O) groups excluding carboxylic acids is 2. The molecule has 0 heterocycles. The van der Waals surface area contributed by atoms with Crippen LogP contribution in [0.3, 0.4) is 0 Å². The number of ether oxygens (including phenoxy) is 1. The molecule has 1 amide bonds. The van der Waals surface area contributed by atoms with Crippen molar-refractivity contribution in [2.75, 3.05) is 6.61 Å². The fraction of sp³-hybridized carbons (Fsp3) is 0.800. The molecule has 1 aliphatic rings. The maximum Gasteiger partial charge on any atom is 0.396 e. The molecule has 1 aliphatic carbocycles. The van der Waals surface area contributed by atoms with E-state index in [9.17, 15) is 9.59 Å². The number of esters is 1. The van der Waals surface area contributed by atoms with Crippen molar-refractivity contribution in [2.24, 2.45) is 0 Å². The highest BCUT2D eigenvalue weighted by atomic mass is 16.5. The lowest BCUT2D eigenvalue weighted by atomic mass is 9.95. The zero-order chi connectivity index (χ0) is 10.4. The molecule has 0 aromatic heterocycles. The Morgan fingerprint density at radius 3 is 2.50 bits per heavy atom. The van der Waals surface area contributed by atoms with Gasteiger partial charge in [-0.3, -0.25) is 4.79 Å². The summed E-state index contributed by atoms with van der Waals surface area (Å²) in [6.45, 7) is 1.93. The van der Waals surface area contributed by atoms with E-state index >= 15 is 0 Å². The first-order chi connectivity index (χ1) is 6.74. The lowest BCUT2D eigenvalue weighted by Crippen LogP contribution is -2.41. The number of carbonyl (C=O) groups is 2. The minimum absolute atomic E-state index is 0.167. The quantitative estimate of drug-likeness (QED) is 0.533. The summed E-state index contributed by atoms with van der Waals surface area (Å²) in [4.78, 5) is 22.2. The second kappa shape index (κ2) is 5.62. The van der Waals surface area contributed by atoms with Crippen LogP contribution in [0.15, 0.2) is 0 Å². The Balaban J connectivity index is 2.28. The molecule has 4 heteroatoms. The standard InChI is InChI=1S/C10H17NO3/c1-2-14-10(13)9(12)11-8-6-4-3-5-7-8/h8H,2-7H2,1H3,(H,11,12). The first kappa shape index (κ1) is 11.0. The van der Waals surface area contributed by atoms with E-state index in [-0.39, 0.29) is 12.6 Å². The van der Waals surface area contributed by atoms with Gasteiger partial charge in [-0.1, -0.05) is 19.3 Å². The molecule has 1 fully saturated rings. The van der Waals surface area contributed by atoms with Crippen molar-refractivity contribution >= 4 is 11.9 Å². The maximum absolute atomic E-state index is 11.2. The summed E-state index contributed by atoms with van der Waals surface area (Å²) in [6, 6.07) is 0.167. The van der Waals surface area contributed by atoms with Gasteiger partial charge < -0.3 is 10.1 Å². The zero-order valence-electron chi connectivity index (χ0n) is 8.54. The van der Waals surface area contributed by atoms with E-state index < -0.39 is 11.9 Å². The van der Waals surface area contributed by atoms with Crippen molar-refractivity contribution in [2.45, 2.75) is 45.1 Å². The summed E-state index contributed by atoms with van der Waals surface area (Å²) in [5, 5.41) is 2.69. The molecule has 1 rings (SSSR count). The Hall–Kier alpha value is -1.06. The Morgan fingerprint density at radius 1 is 1.29 bits per heavy atom. The van der Waals surface area contributed by atoms with Crippen LogP contribution in [0.1, 0.15) is 39.0 Å². The smallest absolute Gasteiger partial charge is 0.396 e. The highest BCUT2D eigenvalue weighted by molar-refractivity contribution is 6.32. The van der Waals surface area contributed by atoms with Crippen LogP contribution in [0.25, 0.3) is 0 Å². The normalized spacial score (nSPS) is 17.5. The molecule has 1 N–H and O–H groups in total. The lowest BCUT2D eigenvalue weighted by molar-refractivity contribution is -0.155. The summed E-state index contributed by atoms with van der Waals surface area (Å²) in [5.41, 5.74) is 0. The predicted octanol–water partition coefficient (Wildman–Crippen LogP) is 0.998. The van der Waals surface area contributed by atoms with Crippen molar-refractivity contribution in [1.82, 2.24) is 5.32 Å². The van der Waals surface area contributed by atoms with E-state index in [2.05, 4.69) is 10.1 Å². The van der Waals surface area contributed by atoms with Gasteiger partial charge in [0.2, 0.25) is 0 Å². The van der Waals surface area contributed by atoms with Crippen LogP contribution in [-0.4, -0.2) is 24.5 Å². The van der Waals surface area contributed by atoms with Crippen LogP contribution in [0, 0.1) is 0 Å². The first-order valence-corrected chi connectivity index (χ1v) is 5.21. The zero-order valence-corrected chi connectivity index (χ0v) is 8.54. The highest BCUT2D eigenvalue weighted by Gasteiger charge is 2.20. The molecule has 0 radical (unpaired) electrons. The minimum Gasteiger partial charge on any atom is -0.459 e. The Bertz CT molecular complexity index is 209. The second-order valence-corrected chi connectivity index (χ2v) is 3.53. The van der Waals surface area contributed by atoms with Crippen LogP contribution < -0.4 is 5.32 Å². The summed E-state index contributed by atoms with van der Waals surface area (Å²) in [7, 11) is 0. The molecule has 1 saturated carbocycles. The lowest BCUT2D eigenvalue weighted by Gasteiger charge is -2.21. The van der Waals surface area contributed by atoms with Crippen molar-refractivity contribution in [3.8, 4) is 0 Å². The Kier molecular flexibility index (Phi) is 4.43. The molecular formula is C10H17NO3. The van der Waals surface area contributed by atoms with Crippen LogP contribution in [-0.2, 0) is 14.3 Å². The molecular weight excluding hydrogens is 182 g/mol. The SMILES string of the molecule is CCOC(=O)C(=O)NC1CCCCC1. The van der Waals surface area contributed by atoms with Gasteiger partial charge in [-0.15, -0.1) is 0 Å². The molecule has 14 heavy (non-hydrogen) atoms. The molecule has 0 saturated heterocycles. The van der Waals surface area contributed by atoms with Crippen LogP contribution >= 0.6 is 0 Å². The number of amides is 1. The number of hydrogen-bond acceptors (Lipinski definition) is 3. The maximum atomic E-state index is 11.2. The molecule has 0 spiro atoms. The van der Waals surface area contributed by atoms with E-state index in [0.29, 0.717) is 0 Å². The van der Waals surface area contributed by atoms with Crippen LogP contribution in [0.5, 0.6) is 0 Å². The van der Waals surface area contributed by atoms with Gasteiger partial charge in [-0.05, 0) is 19.8 Å². The van der Waals surface area contributed by atoms with Crippen LogP contribution in [0.2, 0.25) is 0 Å². The summed E-state index contributed by atoms with van der Waals surface area (Å²) in [5.74, 6) is -1.36. The molecule has 0 atom stereocenters. The number of hydrogen-bond donors (Lipinski definition) is 1. The van der Waals surface area contributed by atoms with E-state index in [0.717, 1.165) is 25.7 Å².